The monoisotopic (exact) mass is 337 g/mol. The zero-order valence-corrected chi connectivity index (χ0v) is 14.4. The van der Waals surface area contributed by atoms with E-state index in [4.69, 9.17) is 9.84 Å². The first kappa shape index (κ1) is 19.4. The zero-order valence-electron chi connectivity index (χ0n) is 14.4. The molecule has 0 aromatic carbocycles. The van der Waals surface area contributed by atoms with E-state index in [1.165, 1.54) is 18.3 Å². The molecule has 1 unspecified atom stereocenters. The highest BCUT2D eigenvalue weighted by atomic mass is 16.6. The lowest BCUT2D eigenvalue weighted by Gasteiger charge is -2.25. The lowest BCUT2D eigenvalue weighted by molar-refractivity contribution is -0.119. The van der Waals surface area contributed by atoms with E-state index in [-0.39, 0.29) is 17.3 Å². The fourth-order valence-corrected chi connectivity index (χ4v) is 1.84. The fourth-order valence-electron chi connectivity index (χ4n) is 1.84. The van der Waals surface area contributed by atoms with Gasteiger partial charge in [0.1, 0.15) is 23.0 Å². The van der Waals surface area contributed by atoms with Gasteiger partial charge < -0.3 is 20.5 Å². The number of nitrogens with zero attached hydrogens (tertiary/aromatic N) is 1. The normalized spacial score (nSPS) is 12.4. The van der Waals surface area contributed by atoms with E-state index in [9.17, 15) is 14.4 Å². The molecule has 0 bridgehead atoms. The van der Waals surface area contributed by atoms with Crippen LogP contribution in [-0.2, 0) is 9.53 Å². The van der Waals surface area contributed by atoms with E-state index in [0.29, 0.717) is 0 Å². The molecule has 1 atom stereocenters. The smallest absolute Gasteiger partial charge is 0.408 e. The maximum atomic E-state index is 12.4. The van der Waals surface area contributed by atoms with Crippen molar-refractivity contribution in [2.75, 3.05) is 5.32 Å². The van der Waals surface area contributed by atoms with Crippen LogP contribution >= 0.6 is 0 Å². The number of hydrogen-bond donors (Lipinski definition) is 3. The number of nitrogens with one attached hydrogen (secondary N) is 2. The third-order valence-electron chi connectivity index (χ3n) is 2.90. The Hall–Kier alpha value is -2.64. The molecule has 1 aromatic rings. The number of aromatic nitrogens is 1. The van der Waals surface area contributed by atoms with Crippen LogP contribution in [0.15, 0.2) is 18.3 Å². The summed E-state index contributed by atoms with van der Waals surface area (Å²) in [6.45, 7) is 8.63. The van der Waals surface area contributed by atoms with Crippen molar-refractivity contribution in [2.24, 2.45) is 5.92 Å². The molecule has 24 heavy (non-hydrogen) atoms. The zero-order chi connectivity index (χ0) is 18.5. The van der Waals surface area contributed by atoms with Gasteiger partial charge in [0, 0.05) is 6.20 Å². The first-order valence-corrected chi connectivity index (χ1v) is 7.50. The minimum atomic E-state index is -1.21. The molecular weight excluding hydrogens is 314 g/mol. The van der Waals surface area contributed by atoms with Crippen molar-refractivity contribution < 1.29 is 24.2 Å². The minimum Gasteiger partial charge on any atom is -0.478 e. The fraction of sp³-hybridized carbons (Fsp3) is 0.500. The first-order chi connectivity index (χ1) is 11.0. The van der Waals surface area contributed by atoms with Gasteiger partial charge in [0.05, 0.1) is 0 Å². The number of rotatable bonds is 5. The van der Waals surface area contributed by atoms with Crippen LogP contribution in [0, 0.1) is 5.92 Å². The highest BCUT2D eigenvalue weighted by Gasteiger charge is 2.28. The summed E-state index contributed by atoms with van der Waals surface area (Å²) in [6.07, 6.45) is 0.643. The molecule has 0 aliphatic heterocycles. The van der Waals surface area contributed by atoms with Crippen LogP contribution in [0.25, 0.3) is 0 Å². The molecule has 0 saturated carbocycles. The molecule has 0 aliphatic carbocycles. The van der Waals surface area contributed by atoms with E-state index in [1.54, 1.807) is 34.6 Å². The maximum absolute atomic E-state index is 12.4. The third kappa shape index (κ3) is 5.86. The van der Waals surface area contributed by atoms with Gasteiger partial charge in [-0.2, -0.15) is 0 Å². The first-order valence-electron chi connectivity index (χ1n) is 7.50. The Kier molecular flexibility index (Phi) is 6.27. The molecule has 1 heterocycles. The van der Waals surface area contributed by atoms with Gasteiger partial charge in [0.15, 0.2) is 0 Å². The van der Waals surface area contributed by atoms with Gasteiger partial charge in [-0.3, -0.25) is 4.79 Å². The topological polar surface area (TPSA) is 118 Å². The van der Waals surface area contributed by atoms with Crippen LogP contribution in [0.4, 0.5) is 10.6 Å². The van der Waals surface area contributed by atoms with Crippen LogP contribution < -0.4 is 10.6 Å². The van der Waals surface area contributed by atoms with E-state index in [2.05, 4.69) is 15.6 Å². The Morgan fingerprint density at radius 3 is 2.38 bits per heavy atom. The summed E-state index contributed by atoms with van der Waals surface area (Å²) in [7, 11) is 0. The lowest BCUT2D eigenvalue weighted by Crippen LogP contribution is -2.48. The van der Waals surface area contributed by atoms with Gasteiger partial charge in [-0.05, 0) is 38.8 Å². The highest BCUT2D eigenvalue weighted by Crippen LogP contribution is 2.14. The van der Waals surface area contributed by atoms with E-state index in [1.807, 2.05) is 0 Å². The molecule has 0 fully saturated rings. The average Bonchev–Trinajstić information content (AvgIpc) is 2.42. The SMILES string of the molecule is CC(C)C(NC(=O)OC(C)(C)C)C(=O)Nc1ncccc1C(=O)O. The summed E-state index contributed by atoms with van der Waals surface area (Å²) in [5.74, 6) is -2.10. The van der Waals surface area contributed by atoms with Crippen molar-refractivity contribution >= 4 is 23.8 Å². The highest BCUT2D eigenvalue weighted by molar-refractivity contribution is 6.01. The minimum absolute atomic E-state index is 0.0772. The average molecular weight is 337 g/mol. The molecule has 2 amide bonds. The van der Waals surface area contributed by atoms with Crippen LogP contribution in [-0.4, -0.2) is 39.7 Å². The molecule has 0 radical (unpaired) electrons. The van der Waals surface area contributed by atoms with Crippen molar-refractivity contribution in [2.45, 2.75) is 46.3 Å². The van der Waals surface area contributed by atoms with E-state index < -0.39 is 29.6 Å². The Balaban J connectivity index is 2.89. The van der Waals surface area contributed by atoms with Crippen LogP contribution in [0.2, 0.25) is 0 Å². The van der Waals surface area contributed by atoms with Crippen molar-refractivity contribution in [3.8, 4) is 0 Å². The number of carbonyl (C=O) groups is 3. The summed E-state index contributed by atoms with van der Waals surface area (Å²) >= 11 is 0. The molecule has 1 rings (SSSR count). The summed E-state index contributed by atoms with van der Waals surface area (Å²) in [4.78, 5) is 39.3. The number of pyridine rings is 1. The van der Waals surface area contributed by atoms with Gasteiger partial charge in [-0.15, -0.1) is 0 Å². The quantitative estimate of drug-likeness (QED) is 0.758. The molecule has 0 saturated heterocycles. The molecule has 0 aliphatic rings. The largest absolute Gasteiger partial charge is 0.478 e. The summed E-state index contributed by atoms with van der Waals surface area (Å²) in [5.41, 5.74) is -0.829. The number of ether oxygens (including phenoxy) is 1. The molecule has 8 nitrogen and oxygen atoms in total. The van der Waals surface area contributed by atoms with Gasteiger partial charge in [-0.1, -0.05) is 13.8 Å². The van der Waals surface area contributed by atoms with Crippen molar-refractivity contribution in [3.05, 3.63) is 23.9 Å². The number of carbonyl (C=O) groups excluding carboxylic acids is 2. The second-order valence-electron chi connectivity index (χ2n) is 6.56. The Bertz CT molecular complexity index is 622. The number of anilines is 1. The summed E-state index contributed by atoms with van der Waals surface area (Å²) in [6, 6.07) is 1.89. The molecule has 0 spiro atoms. The van der Waals surface area contributed by atoms with Crippen molar-refractivity contribution in [3.63, 3.8) is 0 Å². The van der Waals surface area contributed by atoms with Gasteiger partial charge in [0.25, 0.3) is 0 Å². The predicted octanol–water partition coefficient (Wildman–Crippen LogP) is 2.27. The second kappa shape index (κ2) is 7.76. The van der Waals surface area contributed by atoms with Crippen LogP contribution in [0.3, 0.4) is 0 Å². The number of amides is 2. The third-order valence-corrected chi connectivity index (χ3v) is 2.90. The molecule has 132 valence electrons. The maximum Gasteiger partial charge on any atom is 0.408 e. The number of hydrogen-bond acceptors (Lipinski definition) is 5. The number of alkyl carbamates (subject to hydrolysis) is 1. The summed E-state index contributed by atoms with van der Waals surface area (Å²) < 4.78 is 5.14. The Morgan fingerprint density at radius 2 is 1.88 bits per heavy atom. The standard InChI is InChI=1S/C16H23N3O5/c1-9(2)11(18-15(23)24-16(3,4)5)13(20)19-12-10(14(21)22)7-6-8-17-12/h6-9,11H,1-5H3,(H,18,23)(H,21,22)(H,17,19,20). The number of carboxylic acid groups (broad SMARTS) is 1. The number of aromatic carboxylic acids is 1. The summed E-state index contributed by atoms with van der Waals surface area (Å²) in [5, 5.41) is 14.1. The Labute approximate surface area is 140 Å². The van der Waals surface area contributed by atoms with E-state index >= 15 is 0 Å². The van der Waals surface area contributed by atoms with Crippen LogP contribution in [0.5, 0.6) is 0 Å². The molecular formula is C16H23N3O5. The molecule has 1 aromatic heterocycles. The van der Waals surface area contributed by atoms with Gasteiger partial charge in [-0.25, -0.2) is 14.6 Å². The second-order valence-corrected chi connectivity index (χ2v) is 6.56. The van der Waals surface area contributed by atoms with Crippen LogP contribution in [0.1, 0.15) is 45.0 Å². The van der Waals surface area contributed by atoms with Gasteiger partial charge in [0.2, 0.25) is 5.91 Å². The van der Waals surface area contributed by atoms with Crippen molar-refractivity contribution in [1.29, 1.82) is 0 Å². The molecule has 8 heteroatoms. The number of carboxylic acids is 1. The lowest BCUT2D eigenvalue weighted by atomic mass is 10.0. The molecule has 3 N–H and O–H groups in total. The van der Waals surface area contributed by atoms with E-state index in [0.717, 1.165) is 0 Å². The Morgan fingerprint density at radius 1 is 1.25 bits per heavy atom. The predicted molar refractivity (Wildman–Crippen MR) is 87.8 cm³/mol. The van der Waals surface area contributed by atoms with Gasteiger partial charge >= 0.3 is 12.1 Å². The van der Waals surface area contributed by atoms with Crippen molar-refractivity contribution in [1.82, 2.24) is 10.3 Å².